The predicted octanol–water partition coefficient (Wildman–Crippen LogP) is -1.03. The minimum atomic E-state index is -1.26. The molecular formula is C13H19NO5. The van der Waals surface area contributed by atoms with Crippen LogP contribution in [-0.2, 0) is 16.1 Å². The van der Waals surface area contributed by atoms with Crippen molar-refractivity contribution in [3.63, 3.8) is 0 Å². The Morgan fingerprint density at radius 2 is 1.89 bits per heavy atom. The number of nitrogens with two attached hydrogens (primary N) is 1. The van der Waals surface area contributed by atoms with E-state index >= 15 is 0 Å². The molecule has 1 aromatic rings. The molecule has 6 heteroatoms. The van der Waals surface area contributed by atoms with Crippen LogP contribution in [0.3, 0.4) is 0 Å². The van der Waals surface area contributed by atoms with Crippen LogP contribution < -0.4 is 5.73 Å². The molecule has 0 saturated carbocycles. The third kappa shape index (κ3) is 3.30. The molecule has 1 aliphatic heterocycles. The van der Waals surface area contributed by atoms with Gasteiger partial charge in [-0.1, -0.05) is 30.3 Å². The summed E-state index contributed by atoms with van der Waals surface area (Å²) in [7, 11) is 0. The van der Waals surface area contributed by atoms with Crippen molar-refractivity contribution >= 4 is 0 Å². The first-order chi connectivity index (χ1) is 9.13. The van der Waals surface area contributed by atoms with Gasteiger partial charge in [0.05, 0.1) is 19.3 Å². The van der Waals surface area contributed by atoms with Crippen molar-refractivity contribution in [3.8, 4) is 0 Å². The molecule has 0 amide bonds. The molecule has 0 radical (unpaired) electrons. The molecule has 19 heavy (non-hydrogen) atoms. The van der Waals surface area contributed by atoms with Gasteiger partial charge >= 0.3 is 0 Å². The van der Waals surface area contributed by atoms with E-state index in [9.17, 15) is 10.2 Å². The van der Waals surface area contributed by atoms with Gasteiger partial charge in [0.25, 0.3) is 0 Å². The fourth-order valence-electron chi connectivity index (χ4n) is 2.08. The van der Waals surface area contributed by atoms with Gasteiger partial charge in [0.15, 0.2) is 6.29 Å². The molecule has 1 aromatic carbocycles. The zero-order valence-electron chi connectivity index (χ0n) is 10.4. The molecule has 5 atom stereocenters. The maximum atomic E-state index is 9.99. The van der Waals surface area contributed by atoms with Crippen molar-refractivity contribution in [2.45, 2.75) is 37.3 Å². The van der Waals surface area contributed by atoms with Gasteiger partial charge in [-0.05, 0) is 5.56 Å². The number of aliphatic hydroxyl groups is 3. The third-order valence-corrected chi connectivity index (χ3v) is 3.21. The molecule has 1 aliphatic rings. The average Bonchev–Trinajstić information content (AvgIpc) is 2.44. The molecule has 0 unspecified atom stereocenters. The van der Waals surface area contributed by atoms with Crippen LogP contribution in [0.5, 0.6) is 0 Å². The predicted molar refractivity (Wildman–Crippen MR) is 67.0 cm³/mol. The van der Waals surface area contributed by atoms with Gasteiger partial charge < -0.3 is 30.5 Å². The summed E-state index contributed by atoms with van der Waals surface area (Å²) in [6, 6.07) is 8.56. The lowest BCUT2D eigenvalue weighted by molar-refractivity contribution is -0.258. The minimum Gasteiger partial charge on any atom is -0.394 e. The molecule has 6 nitrogen and oxygen atoms in total. The highest BCUT2D eigenvalue weighted by molar-refractivity contribution is 5.13. The Bertz CT molecular complexity index is 388. The Morgan fingerprint density at radius 1 is 1.21 bits per heavy atom. The second kappa shape index (κ2) is 6.42. The van der Waals surface area contributed by atoms with Crippen molar-refractivity contribution in [2.75, 3.05) is 6.61 Å². The molecule has 1 fully saturated rings. The topological polar surface area (TPSA) is 105 Å². The summed E-state index contributed by atoms with van der Waals surface area (Å²) in [6.07, 6.45) is -4.02. The third-order valence-electron chi connectivity index (χ3n) is 3.21. The SMILES string of the molecule is N[C@H]1[C@H](OCc2ccccc2)[C@H](O)[C@H](CO)O[C@H]1O. The van der Waals surface area contributed by atoms with Crippen LogP contribution in [0.15, 0.2) is 30.3 Å². The van der Waals surface area contributed by atoms with Crippen LogP contribution in [0.25, 0.3) is 0 Å². The van der Waals surface area contributed by atoms with Gasteiger partial charge in [-0.15, -0.1) is 0 Å². The lowest BCUT2D eigenvalue weighted by atomic mass is 9.97. The van der Waals surface area contributed by atoms with E-state index in [0.717, 1.165) is 5.56 Å². The molecule has 0 spiro atoms. The molecule has 1 heterocycles. The Labute approximate surface area is 111 Å². The van der Waals surface area contributed by atoms with E-state index in [2.05, 4.69) is 0 Å². The summed E-state index contributed by atoms with van der Waals surface area (Å²) in [6.45, 7) is -0.142. The summed E-state index contributed by atoms with van der Waals surface area (Å²) < 4.78 is 10.6. The molecule has 106 valence electrons. The number of hydrogen-bond donors (Lipinski definition) is 4. The Hall–Kier alpha value is -1.02. The second-order valence-electron chi connectivity index (χ2n) is 4.58. The second-order valence-corrected chi connectivity index (χ2v) is 4.58. The minimum absolute atomic E-state index is 0.265. The van der Waals surface area contributed by atoms with E-state index in [1.54, 1.807) is 0 Å². The van der Waals surface area contributed by atoms with E-state index in [1.807, 2.05) is 30.3 Å². The number of benzene rings is 1. The number of rotatable bonds is 4. The molecule has 2 rings (SSSR count). The normalized spacial score (nSPS) is 35.3. The largest absolute Gasteiger partial charge is 0.394 e. The first-order valence-corrected chi connectivity index (χ1v) is 6.17. The van der Waals surface area contributed by atoms with Crippen molar-refractivity contribution in [2.24, 2.45) is 5.73 Å². The highest BCUT2D eigenvalue weighted by atomic mass is 16.6. The van der Waals surface area contributed by atoms with Gasteiger partial charge in [-0.3, -0.25) is 0 Å². The number of ether oxygens (including phenoxy) is 2. The standard InChI is InChI=1S/C13H19NO5/c14-10-12(11(16)9(6-15)19-13(10)17)18-7-8-4-2-1-3-5-8/h1-5,9-13,15-17H,6-7,14H2/t9-,10-,11+,12-,13+/m0/s1. The van der Waals surface area contributed by atoms with Gasteiger partial charge in [0, 0.05) is 0 Å². The van der Waals surface area contributed by atoms with Crippen LogP contribution in [0.2, 0.25) is 0 Å². The van der Waals surface area contributed by atoms with Crippen LogP contribution in [0.1, 0.15) is 5.56 Å². The van der Waals surface area contributed by atoms with E-state index in [-0.39, 0.29) is 6.61 Å². The fraction of sp³-hybridized carbons (Fsp3) is 0.538. The summed E-state index contributed by atoms with van der Waals surface area (Å²) in [5.74, 6) is 0. The average molecular weight is 269 g/mol. The zero-order valence-corrected chi connectivity index (χ0v) is 10.4. The van der Waals surface area contributed by atoms with Crippen LogP contribution in [-0.4, -0.2) is 52.6 Å². The highest BCUT2D eigenvalue weighted by Gasteiger charge is 2.43. The summed E-state index contributed by atoms with van der Waals surface area (Å²) in [5.41, 5.74) is 6.69. The van der Waals surface area contributed by atoms with E-state index in [0.29, 0.717) is 0 Å². The van der Waals surface area contributed by atoms with Gasteiger partial charge in [-0.25, -0.2) is 0 Å². The summed E-state index contributed by atoms with van der Waals surface area (Å²) in [5, 5.41) is 28.7. The fourth-order valence-corrected chi connectivity index (χ4v) is 2.08. The van der Waals surface area contributed by atoms with Crippen molar-refractivity contribution in [3.05, 3.63) is 35.9 Å². The Balaban J connectivity index is 2.00. The molecule has 0 aromatic heterocycles. The summed E-state index contributed by atoms with van der Waals surface area (Å²) in [4.78, 5) is 0. The zero-order chi connectivity index (χ0) is 13.8. The van der Waals surface area contributed by atoms with E-state index in [1.165, 1.54) is 0 Å². The lowest BCUT2D eigenvalue weighted by Gasteiger charge is -2.40. The quantitative estimate of drug-likeness (QED) is 0.557. The Morgan fingerprint density at radius 3 is 2.53 bits per heavy atom. The molecule has 1 saturated heterocycles. The monoisotopic (exact) mass is 269 g/mol. The molecule has 0 aliphatic carbocycles. The highest BCUT2D eigenvalue weighted by Crippen LogP contribution is 2.22. The van der Waals surface area contributed by atoms with Gasteiger partial charge in [0.1, 0.15) is 18.3 Å². The first-order valence-electron chi connectivity index (χ1n) is 6.17. The van der Waals surface area contributed by atoms with E-state index in [4.69, 9.17) is 20.3 Å². The van der Waals surface area contributed by atoms with Crippen molar-refractivity contribution in [1.29, 1.82) is 0 Å². The number of aliphatic hydroxyl groups excluding tert-OH is 3. The number of hydrogen-bond acceptors (Lipinski definition) is 6. The lowest BCUT2D eigenvalue weighted by Crippen LogP contribution is -2.62. The van der Waals surface area contributed by atoms with Crippen molar-refractivity contribution in [1.82, 2.24) is 0 Å². The van der Waals surface area contributed by atoms with Gasteiger partial charge in [0.2, 0.25) is 0 Å². The maximum Gasteiger partial charge on any atom is 0.173 e. The summed E-state index contributed by atoms with van der Waals surface area (Å²) >= 11 is 0. The molecule has 5 N–H and O–H groups in total. The van der Waals surface area contributed by atoms with Crippen LogP contribution in [0.4, 0.5) is 0 Å². The molecular weight excluding hydrogens is 250 g/mol. The van der Waals surface area contributed by atoms with Crippen molar-refractivity contribution < 1.29 is 24.8 Å². The maximum absolute atomic E-state index is 9.99. The smallest absolute Gasteiger partial charge is 0.173 e. The van der Waals surface area contributed by atoms with Crippen LogP contribution in [0, 0.1) is 0 Å². The van der Waals surface area contributed by atoms with Gasteiger partial charge in [-0.2, -0.15) is 0 Å². The van der Waals surface area contributed by atoms with E-state index < -0.39 is 37.3 Å². The Kier molecular flexibility index (Phi) is 4.87. The molecule has 0 bridgehead atoms. The van der Waals surface area contributed by atoms with Crippen LogP contribution >= 0.6 is 0 Å². The first kappa shape index (κ1) is 14.4.